The van der Waals surface area contributed by atoms with E-state index in [1.807, 2.05) is 0 Å². The molecule has 0 aromatic rings. The van der Waals surface area contributed by atoms with Crippen LogP contribution in [0.5, 0.6) is 0 Å². The Labute approximate surface area is 89.4 Å². The Morgan fingerprint density at radius 2 is 2.29 bits per heavy atom. The van der Waals surface area contributed by atoms with Crippen molar-refractivity contribution in [3.63, 3.8) is 0 Å². The van der Waals surface area contributed by atoms with Crippen LogP contribution in [0.15, 0.2) is 23.8 Å². The summed E-state index contributed by atoms with van der Waals surface area (Å²) in [6.07, 6.45) is 3.27. The minimum Gasteiger partial charge on any atom is -0.386 e. The van der Waals surface area contributed by atoms with Gasteiger partial charge in [-0.3, -0.25) is 4.21 Å². The van der Waals surface area contributed by atoms with Gasteiger partial charge in [-0.05, 0) is 5.57 Å². The van der Waals surface area contributed by atoms with Crippen LogP contribution in [0.4, 0.5) is 0 Å². The lowest BCUT2D eigenvalue weighted by molar-refractivity contribution is 0.0713. The van der Waals surface area contributed by atoms with Gasteiger partial charge < -0.3 is 10.2 Å². The van der Waals surface area contributed by atoms with Crippen molar-refractivity contribution in [1.82, 2.24) is 0 Å². The fourth-order valence-corrected chi connectivity index (χ4v) is 5.15. The summed E-state index contributed by atoms with van der Waals surface area (Å²) in [4.78, 5) is 0. The maximum Gasteiger partial charge on any atom is 0.107 e. The van der Waals surface area contributed by atoms with E-state index in [1.54, 1.807) is 23.9 Å². The Morgan fingerprint density at radius 3 is 2.93 bits per heavy atom. The smallest absolute Gasteiger partial charge is 0.107 e. The molecule has 2 rings (SSSR count). The van der Waals surface area contributed by atoms with Gasteiger partial charge >= 0.3 is 0 Å². The van der Waals surface area contributed by atoms with Gasteiger partial charge in [0.15, 0.2) is 0 Å². The standard InChI is InChI=1S/C9H12O3S2/c10-7-3-1-2-6(8(7)11)9-13-4-5-14(9)12/h1-3,7-11H,4-5H2/t7-,8+,9-,14?/m0/s1. The number of hydrogen-bond donors (Lipinski definition) is 2. The summed E-state index contributed by atoms with van der Waals surface area (Å²) in [5.41, 5.74) is 0.695. The van der Waals surface area contributed by atoms with Gasteiger partial charge in [0, 0.05) is 22.3 Å². The van der Waals surface area contributed by atoms with Crippen molar-refractivity contribution in [1.29, 1.82) is 0 Å². The highest BCUT2D eigenvalue weighted by molar-refractivity contribution is 8.14. The van der Waals surface area contributed by atoms with Crippen LogP contribution in [0.25, 0.3) is 0 Å². The first-order chi connectivity index (χ1) is 6.70. The van der Waals surface area contributed by atoms with E-state index in [2.05, 4.69) is 0 Å². The van der Waals surface area contributed by atoms with Crippen LogP contribution in [0.3, 0.4) is 0 Å². The number of thioether (sulfide) groups is 1. The van der Waals surface area contributed by atoms with Crippen molar-refractivity contribution in [3.05, 3.63) is 23.8 Å². The summed E-state index contributed by atoms with van der Waals surface area (Å²) < 4.78 is 11.4. The third-order valence-electron chi connectivity index (χ3n) is 2.33. The third kappa shape index (κ3) is 1.82. The zero-order valence-corrected chi connectivity index (χ0v) is 9.13. The molecule has 2 N–H and O–H groups in total. The molecule has 0 spiro atoms. The predicted octanol–water partition coefficient (Wildman–Crippen LogP) is 0.0260. The molecule has 14 heavy (non-hydrogen) atoms. The molecule has 3 nitrogen and oxygen atoms in total. The fourth-order valence-electron chi connectivity index (χ4n) is 1.57. The van der Waals surface area contributed by atoms with Crippen molar-refractivity contribution >= 4 is 22.6 Å². The molecular formula is C9H12O3S2. The van der Waals surface area contributed by atoms with E-state index in [4.69, 9.17) is 0 Å². The summed E-state index contributed by atoms with van der Waals surface area (Å²) in [5.74, 6) is 1.54. The molecule has 0 saturated carbocycles. The summed E-state index contributed by atoms with van der Waals surface area (Å²) in [7, 11) is -0.904. The molecule has 1 heterocycles. The van der Waals surface area contributed by atoms with Gasteiger partial charge in [0.1, 0.15) is 16.8 Å². The number of aliphatic hydroxyl groups excluding tert-OH is 2. The molecule has 1 fully saturated rings. The van der Waals surface area contributed by atoms with Crippen molar-refractivity contribution in [3.8, 4) is 0 Å². The second kappa shape index (κ2) is 4.18. The molecular weight excluding hydrogens is 220 g/mol. The summed E-state index contributed by atoms with van der Waals surface area (Å²) in [5, 5.41) is 19.1. The van der Waals surface area contributed by atoms with E-state index in [9.17, 15) is 14.4 Å². The molecule has 0 aromatic carbocycles. The first kappa shape index (κ1) is 10.4. The normalized spacial score (nSPS) is 42.6. The first-order valence-corrected chi connectivity index (χ1v) is 6.86. The van der Waals surface area contributed by atoms with E-state index in [0.29, 0.717) is 11.3 Å². The molecule has 78 valence electrons. The monoisotopic (exact) mass is 232 g/mol. The molecule has 4 atom stereocenters. The van der Waals surface area contributed by atoms with Gasteiger partial charge in [0.05, 0.1) is 0 Å². The van der Waals surface area contributed by atoms with Crippen LogP contribution in [-0.4, -0.2) is 42.7 Å². The van der Waals surface area contributed by atoms with E-state index in [1.165, 1.54) is 6.08 Å². The van der Waals surface area contributed by atoms with Gasteiger partial charge in [0.2, 0.25) is 0 Å². The maximum atomic E-state index is 11.6. The Morgan fingerprint density at radius 1 is 1.50 bits per heavy atom. The molecule has 1 aliphatic heterocycles. The maximum absolute atomic E-state index is 11.6. The Bertz CT molecular complexity index is 311. The molecule has 2 aliphatic rings. The van der Waals surface area contributed by atoms with Crippen molar-refractivity contribution in [2.24, 2.45) is 0 Å². The Kier molecular flexibility index (Phi) is 3.11. The first-order valence-electron chi connectivity index (χ1n) is 4.43. The highest BCUT2D eigenvalue weighted by atomic mass is 32.2. The zero-order valence-electron chi connectivity index (χ0n) is 7.50. The van der Waals surface area contributed by atoms with Gasteiger partial charge in [-0.25, -0.2) is 0 Å². The lowest BCUT2D eigenvalue weighted by atomic mass is 10.0. The van der Waals surface area contributed by atoms with Crippen LogP contribution in [-0.2, 0) is 10.8 Å². The zero-order chi connectivity index (χ0) is 10.1. The van der Waals surface area contributed by atoms with Gasteiger partial charge in [-0.15, -0.1) is 11.8 Å². The topological polar surface area (TPSA) is 57.5 Å². The van der Waals surface area contributed by atoms with Crippen LogP contribution in [0.2, 0.25) is 0 Å². The molecule has 0 aromatic heterocycles. The van der Waals surface area contributed by atoms with Gasteiger partial charge in [-0.1, -0.05) is 18.2 Å². The van der Waals surface area contributed by atoms with Crippen molar-refractivity contribution in [2.75, 3.05) is 11.5 Å². The molecule has 1 unspecified atom stereocenters. The number of allylic oxidation sites excluding steroid dienone is 2. The molecule has 0 amide bonds. The number of aliphatic hydroxyl groups is 2. The SMILES string of the molecule is O=S1CCS[C@@H]1C1=CC=C[C@H](O)[C@@H]1O. The summed E-state index contributed by atoms with van der Waals surface area (Å²) in [6, 6.07) is 0. The van der Waals surface area contributed by atoms with E-state index in [0.717, 1.165) is 5.75 Å². The second-order valence-corrected chi connectivity index (χ2v) is 6.43. The largest absolute Gasteiger partial charge is 0.386 e. The molecule has 5 heteroatoms. The Balaban J connectivity index is 2.21. The average Bonchev–Trinajstić information content (AvgIpc) is 2.57. The molecule has 1 aliphatic carbocycles. The van der Waals surface area contributed by atoms with Crippen LogP contribution >= 0.6 is 11.8 Å². The minimum absolute atomic E-state index is 0.135. The highest BCUT2D eigenvalue weighted by Gasteiger charge is 2.33. The quantitative estimate of drug-likeness (QED) is 0.669. The minimum atomic E-state index is -0.904. The fraction of sp³-hybridized carbons (Fsp3) is 0.556. The van der Waals surface area contributed by atoms with Crippen LogP contribution in [0.1, 0.15) is 0 Å². The molecule has 0 bridgehead atoms. The number of rotatable bonds is 1. The van der Waals surface area contributed by atoms with Crippen molar-refractivity contribution in [2.45, 2.75) is 16.8 Å². The molecule has 1 saturated heterocycles. The lowest BCUT2D eigenvalue weighted by Gasteiger charge is -2.24. The predicted molar refractivity (Wildman–Crippen MR) is 58.5 cm³/mol. The third-order valence-corrected chi connectivity index (χ3v) is 6.01. The van der Waals surface area contributed by atoms with E-state index in [-0.39, 0.29) is 4.58 Å². The second-order valence-electron chi connectivity index (χ2n) is 3.27. The average molecular weight is 232 g/mol. The highest BCUT2D eigenvalue weighted by Crippen LogP contribution is 2.33. The van der Waals surface area contributed by atoms with Gasteiger partial charge in [-0.2, -0.15) is 0 Å². The van der Waals surface area contributed by atoms with Gasteiger partial charge in [0.25, 0.3) is 0 Å². The van der Waals surface area contributed by atoms with Crippen LogP contribution < -0.4 is 0 Å². The lowest BCUT2D eigenvalue weighted by Crippen LogP contribution is -2.32. The molecule has 0 radical (unpaired) electrons. The number of hydrogen-bond acceptors (Lipinski definition) is 4. The Hall–Kier alpha value is -0.100. The van der Waals surface area contributed by atoms with Crippen LogP contribution in [0, 0.1) is 0 Å². The van der Waals surface area contributed by atoms with E-state index >= 15 is 0 Å². The summed E-state index contributed by atoms with van der Waals surface area (Å²) in [6.45, 7) is 0. The van der Waals surface area contributed by atoms with E-state index < -0.39 is 23.0 Å². The summed E-state index contributed by atoms with van der Waals surface area (Å²) >= 11 is 1.59. The van der Waals surface area contributed by atoms with Crippen molar-refractivity contribution < 1.29 is 14.4 Å².